The van der Waals surface area contributed by atoms with Gasteiger partial charge in [0.25, 0.3) is 11.8 Å². The van der Waals surface area contributed by atoms with Gasteiger partial charge >= 0.3 is 0 Å². The van der Waals surface area contributed by atoms with Gasteiger partial charge in [0.15, 0.2) is 22.4 Å². The van der Waals surface area contributed by atoms with Crippen LogP contribution in [0.5, 0.6) is 11.5 Å². The lowest BCUT2D eigenvalue weighted by Crippen LogP contribution is -2.26. The van der Waals surface area contributed by atoms with Gasteiger partial charge in [-0.3, -0.25) is 9.59 Å². The van der Waals surface area contributed by atoms with E-state index in [0.717, 1.165) is 14.6 Å². The largest absolute Gasteiger partial charge is 0.493 e. The van der Waals surface area contributed by atoms with E-state index in [1.165, 1.54) is 25.1 Å². The maximum absolute atomic E-state index is 12.3. The molecule has 0 aliphatic heterocycles. The minimum atomic E-state index is -0.580. The Morgan fingerprint density at radius 2 is 2.10 bits per heavy atom. The first-order valence-electron chi connectivity index (χ1n) is 8.90. The van der Waals surface area contributed by atoms with Crippen LogP contribution in [0.4, 0.5) is 0 Å². The van der Waals surface area contributed by atoms with Crippen LogP contribution < -0.4 is 20.6 Å². The van der Waals surface area contributed by atoms with Crippen molar-refractivity contribution in [2.45, 2.75) is 16.5 Å². The Morgan fingerprint density at radius 3 is 2.83 bits per heavy atom. The minimum absolute atomic E-state index is 0.233. The standard InChI is InChI=1S/C20H20N4O4S2/c1-12(29-20-23-14-5-3-4-6-17(14)30-20)19(26)24-22-10-13-7-8-15(16(9-13)27-2)28-11-18(21)25/h3-10,12H,11H2,1-2H3,(H2,21,25)(H,24,26)/b22-10+. The number of hydrogen-bond donors (Lipinski definition) is 2. The molecule has 0 radical (unpaired) electrons. The SMILES string of the molecule is COc1cc(/C=N/NC(=O)C(C)Sc2nc3ccccc3s2)ccc1OCC(N)=O. The van der Waals surface area contributed by atoms with Crippen LogP contribution in [0, 0.1) is 0 Å². The summed E-state index contributed by atoms with van der Waals surface area (Å²) >= 11 is 2.94. The summed E-state index contributed by atoms with van der Waals surface area (Å²) in [4.78, 5) is 27.7. The quantitative estimate of drug-likeness (QED) is 0.298. The van der Waals surface area contributed by atoms with Gasteiger partial charge in [-0.25, -0.2) is 10.4 Å². The molecule has 8 nitrogen and oxygen atoms in total. The van der Waals surface area contributed by atoms with Gasteiger partial charge < -0.3 is 15.2 Å². The molecule has 1 unspecified atom stereocenters. The highest BCUT2D eigenvalue weighted by atomic mass is 32.2. The van der Waals surface area contributed by atoms with Crippen LogP contribution >= 0.6 is 23.1 Å². The number of carbonyl (C=O) groups excluding carboxylic acids is 2. The van der Waals surface area contributed by atoms with Gasteiger partial charge in [-0.1, -0.05) is 23.9 Å². The highest BCUT2D eigenvalue weighted by molar-refractivity contribution is 8.02. The second kappa shape index (κ2) is 10.1. The Bertz CT molecular complexity index is 1050. The zero-order chi connectivity index (χ0) is 21.5. The summed E-state index contributed by atoms with van der Waals surface area (Å²) in [5.74, 6) is -0.00301. The number of hydrazone groups is 1. The van der Waals surface area contributed by atoms with E-state index in [0.29, 0.717) is 17.1 Å². The molecule has 10 heteroatoms. The number of carbonyl (C=O) groups is 2. The number of nitrogens with zero attached hydrogens (tertiary/aromatic N) is 2. The Kier molecular flexibility index (Phi) is 7.26. The summed E-state index contributed by atoms with van der Waals surface area (Å²) in [6, 6.07) is 12.9. The normalized spacial score (nSPS) is 12.1. The second-order valence-electron chi connectivity index (χ2n) is 6.11. The van der Waals surface area contributed by atoms with Gasteiger partial charge in [-0.05, 0) is 42.8 Å². The lowest BCUT2D eigenvalue weighted by Gasteiger charge is -2.10. The number of thioether (sulfide) groups is 1. The Labute approximate surface area is 181 Å². The summed E-state index contributed by atoms with van der Waals surface area (Å²) in [6.07, 6.45) is 1.49. The molecule has 3 rings (SSSR count). The zero-order valence-corrected chi connectivity index (χ0v) is 18.0. The van der Waals surface area contributed by atoms with E-state index in [2.05, 4.69) is 15.5 Å². The Morgan fingerprint density at radius 1 is 1.30 bits per heavy atom. The molecule has 3 N–H and O–H groups in total. The topological polar surface area (TPSA) is 116 Å². The third-order valence-electron chi connectivity index (χ3n) is 3.87. The molecule has 0 aliphatic rings. The van der Waals surface area contributed by atoms with Crippen molar-refractivity contribution in [3.8, 4) is 11.5 Å². The first-order chi connectivity index (χ1) is 14.5. The van der Waals surface area contributed by atoms with Crippen molar-refractivity contribution in [1.29, 1.82) is 0 Å². The highest BCUT2D eigenvalue weighted by Crippen LogP contribution is 2.32. The number of fused-ring (bicyclic) bond motifs is 1. The van der Waals surface area contributed by atoms with E-state index in [4.69, 9.17) is 15.2 Å². The smallest absolute Gasteiger partial charge is 0.255 e. The van der Waals surface area contributed by atoms with Crippen LogP contribution in [0.15, 0.2) is 51.9 Å². The van der Waals surface area contributed by atoms with Crippen molar-refractivity contribution >= 4 is 51.3 Å². The van der Waals surface area contributed by atoms with Crippen LogP contribution in [-0.2, 0) is 9.59 Å². The minimum Gasteiger partial charge on any atom is -0.493 e. The zero-order valence-electron chi connectivity index (χ0n) is 16.3. The number of primary amides is 1. The van der Waals surface area contributed by atoms with E-state index in [1.54, 1.807) is 36.5 Å². The van der Waals surface area contributed by atoms with Gasteiger partial charge in [0.1, 0.15) is 0 Å². The fraction of sp³-hybridized carbons (Fsp3) is 0.200. The average molecular weight is 445 g/mol. The Hall–Kier alpha value is -3.11. The van der Waals surface area contributed by atoms with Crippen LogP contribution in [-0.4, -0.2) is 42.0 Å². The second-order valence-corrected chi connectivity index (χ2v) is 8.73. The van der Waals surface area contributed by atoms with Gasteiger partial charge in [0.05, 0.1) is 28.8 Å². The predicted octanol–water partition coefficient (Wildman–Crippen LogP) is 2.80. The van der Waals surface area contributed by atoms with E-state index >= 15 is 0 Å². The van der Waals surface area contributed by atoms with Crippen molar-refractivity contribution in [3.63, 3.8) is 0 Å². The number of benzene rings is 2. The van der Waals surface area contributed by atoms with Gasteiger partial charge in [0, 0.05) is 0 Å². The third kappa shape index (κ3) is 5.71. The first kappa shape index (κ1) is 21.6. The van der Waals surface area contributed by atoms with Crippen LogP contribution in [0.25, 0.3) is 10.2 Å². The molecule has 30 heavy (non-hydrogen) atoms. The lowest BCUT2D eigenvalue weighted by atomic mass is 10.2. The summed E-state index contributed by atoms with van der Waals surface area (Å²) in [5.41, 5.74) is 9.22. The van der Waals surface area contributed by atoms with Gasteiger partial charge in [-0.2, -0.15) is 5.10 Å². The van der Waals surface area contributed by atoms with Crippen molar-refractivity contribution in [3.05, 3.63) is 48.0 Å². The van der Waals surface area contributed by atoms with E-state index in [9.17, 15) is 9.59 Å². The lowest BCUT2D eigenvalue weighted by molar-refractivity contribution is -0.120. The summed E-state index contributed by atoms with van der Waals surface area (Å²) < 4.78 is 12.4. The first-order valence-corrected chi connectivity index (χ1v) is 10.6. The molecule has 3 aromatic rings. The van der Waals surface area contributed by atoms with Crippen molar-refractivity contribution in [2.24, 2.45) is 10.8 Å². The molecule has 1 atom stereocenters. The molecule has 0 aliphatic carbocycles. The summed E-state index contributed by atoms with van der Waals surface area (Å²) in [7, 11) is 1.48. The molecular formula is C20H20N4O4S2. The van der Waals surface area contributed by atoms with Gasteiger partial charge in [0.2, 0.25) is 0 Å². The Balaban J connectivity index is 1.57. The van der Waals surface area contributed by atoms with E-state index < -0.39 is 5.91 Å². The molecule has 2 amide bonds. The van der Waals surface area contributed by atoms with Crippen molar-refractivity contribution in [1.82, 2.24) is 10.4 Å². The van der Waals surface area contributed by atoms with Crippen LogP contribution in [0.1, 0.15) is 12.5 Å². The fourth-order valence-corrected chi connectivity index (χ4v) is 4.61. The molecule has 0 saturated carbocycles. The maximum atomic E-state index is 12.3. The predicted molar refractivity (Wildman–Crippen MR) is 118 cm³/mol. The molecule has 0 bridgehead atoms. The number of amides is 2. The highest BCUT2D eigenvalue weighted by Gasteiger charge is 2.16. The number of hydrogen-bond acceptors (Lipinski definition) is 8. The number of nitrogens with one attached hydrogen (secondary N) is 1. The summed E-state index contributed by atoms with van der Waals surface area (Å²) in [5, 5.41) is 3.64. The molecule has 1 aromatic heterocycles. The number of para-hydroxylation sites is 1. The molecule has 0 spiro atoms. The number of nitrogens with two attached hydrogens (primary N) is 1. The van der Waals surface area contributed by atoms with E-state index in [1.807, 2.05) is 24.3 Å². The average Bonchev–Trinajstić information content (AvgIpc) is 3.14. The summed E-state index contributed by atoms with van der Waals surface area (Å²) in [6.45, 7) is 1.56. The molecule has 0 fully saturated rings. The van der Waals surface area contributed by atoms with Crippen molar-refractivity contribution in [2.75, 3.05) is 13.7 Å². The van der Waals surface area contributed by atoms with Gasteiger partial charge in [-0.15, -0.1) is 11.3 Å². The van der Waals surface area contributed by atoms with Crippen LogP contribution in [0.3, 0.4) is 0 Å². The van der Waals surface area contributed by atoms with Crippen molar-refractivity contribution < 1.29 is 19.1 Å². The molecule has 1 heterocycles. The van der Waals surface area contributed by atoms with Crippen LogP contribution in [0.2, 0.25) is 0 Å². The number of ether oxygens (including phenoxy) is 2. The number of thiazole rings is 1. The molecule has 2 aromatic carbocycles. The maximum Gasteiger partial charge on any atom is 0.255 e. The third-order valence-corrected chi connectivity index (χ3v) is 6.10. The monoisotopic (exact) mass is 444 g/mol. The number of rotatable bonds is 9. The molecule has 0 saturated heterocycles. The number of aromatic nitrogens is 1. The van der Waals surface area contributed by atoms with E-state index in [-0.39, 0.29) is 17.8 Å². The fourth-order valence-electron chi connectivity index (χ4n) is 2.40. The molecular weight excluding hydrogens is 424 g/mol. The molecule has 156 valence electrons. The number of methoxy groups -OCH3 is 1.